The number of thiophene rings is 1. The Morgan fingerprint density at radius 3 is 2.69 bits per heavy atom. The summed E-state index contributed by atoms with van der Waals surface area (Å²) in [6.07, 6.45) is 0. The van der Waals surface area contributed by atoms with Crippen molar-refractivity contribution in [2.24, 2.45) is 0 Å². The number of halogens is 1. The van der Waals surface area contributed by atoms with E-state index in [1.807, 2.05) is 0 Å². The Hall–Kier alpha value is -0.250. The smallest absolute Gasteiger partial charge is 0.0927 e. The first-order valence-corrected chi connectivity index (χ1v) is 5.68. The van der Waals surface area contributed by atoms with Crippen LogP contribution in [0.2, 0.25) is 5.02 Å². The second kappa shape index (κ2) is 3.86. The van der Waals surface area contributed by atoms with Gasteiger partial charge in [-0.15, -0.1) is 11.3 Å². The lowest BCUT2D eigenvalue weighted by Crippen LogP contribution is -2.43. The summed E-state index contributed by atoms with van der Waals surface area (Å²) < 4.78 is 0. The number of hydrogen-bond donors (Lipinski definition) is 1. The van der Waals surface area contributed by atoms with E-state index in [9.17, 15) is 0 Å². The minimum atomic E-state index is 0.901. The fraction of sp³-hybridized carbons (Fsp3) is 0.556. The lowest BCUT2D eigenvalue weighted by Gasteiger charge is -2.27. The molecule has 0 atom stereocenters. The van der Waals surface area contributed by atoms with Crippen molar-refractivity contribution in [2.75, 3.05) is 31.1 Å². The van der Waals surface area contributed by atoms with Gasteiger partial charge in [0.1, 0.15) is 0 Å². The van der Waals surface area contributed by atoms with Gasteiger partial charge < -0.3 is 10.2 Å². The van der Waals surface area contributed by atoms with Gasteiger partial charge in [0, 0.05) is 31.1 Å². The molecular weight excluding hydrogens is 204 g/mol. The van der Waals surface area contributed by atoms with Gasteiger partial charge in [-0.05, 0) is 13.0 Å². The highest BCUT2D eigenvalue weighted by Crippen LogP contribution is 2.32. The van der Waals surface area contributed by atoms with Crippen LogP contribution < -0.4 is 10.2 Å². The van der Waals surface area contributed by atoms with Gasteiger partial charge in [-0.1, -0.05) is 11.6 Å². The van der Waals surface area contributed by atoms with Crippen molar-refractivity contribution in [3.05, 3.63) is 16.0 Å². The minimum Gasteiger partial charge on any atom is -0.361 e. The van der Waals surface area contributed by atoms with Crippen LogP contribution in [0.3, 0.4) is 0 Å². The highest BCUT2D eigenvalue weighted by molar-refractivity contribution is 7.16. The van der Waals surface area contributed by atoms with Crippen molar-refractivity contribution in [1.29, 1.82) is 0 Å². The number of anilines is 1. The molecule has 2 rings (SSSR count). The second-order valence-electron chi connectivity index (χ2n) is 3.23. The van der Waals surface area contributed by atoms with Crippen LogP contribution in [-0.2, 0) is 0 Å². The van der Waals surface area contributed by atoms with E-state index in [0.29, 0.717) is 0 Å². The van der Waals surface area contributed by atoms with E-state index in [0.717, 1.165) is 31.2 Å². The predicted octanol–water partition coefficient (Wildman–Crippen LogP) is 2.12. The van der Waals surface area contributed by atoms with Crippen molar-refractivity contribution >= 4 is 27.9 Å². The van der Waals surface area contributed by atoms with E-state index in [1.165, 1.54) is 9.88 Å². The first kappa shape index (κ1) is 9.31. The number of rotatable bonds is 1. The van der Waals surface area contributed by atoms with Crippen molar-refractivity contribution in [3.63, 3.8) is 0 Å². The minimum absolute atomic E-state index is 0.901. The summed E-state index contributed by atoms with van der Waals surface area (Å²) in [4.78, 5) is 3.61. The summed E-state index contributed by atoms with van der Waals surface area (Å²) in [6.45, 7) is 6.41. The van der Waals surface area contributed by atoms with Gasteiger partial charge in [-0.2, -0.15) is 0 Å². The predicted molar refractivity (Wildman–Crippen MR) is 59.1 cm³/mol. The van der Waals surface area contributed by atoms with Crippen LogP contribution in [0.15, 0.2) is 6.07 Å². The average Bonchev–Trinajstić information content (AvgIpc) is 2.49. The lowest BCUT2D eigenvalue weighted by molar-refractivity contribution is 0.592. The summed E-state index contributed by atoms with van der Waals surface area (Å²) in [6, 6.07) is 2.08. The Kier molecular flexibility index (Phi) is 2.77. The summed E-state index contributed by atoms with van der Waals surface area (Å²) >= 11 is 7.80. The number of piperazine rings is 1. The molecular formula is C9H13ClN2S. The molecule has 1 aliphatic rings. The van der Waals surface area contributed by atoms with Crippen molar-refractivity contribution < 1.29 is 0 Å². The maximum absolute atomic E-state index is 6.02. The maximum atomic E-state index is 6.02. The molecule has 1 N–H and O–H groups in total. The molecule has 0 aliphatic carbocycles. The molecule has 4 heteroatoms. The molecule has 0 bridgehead atoms. The molecule has 1 saturated heterocycles. The van der Waals surface area contributed by atoms with Gasteiger partial charge in [-0.3, -0.25) is 0 Å². The van der Waals surface area contributed by atoms with Gasteiger partial charge in [0.2, 0.25) is 0 Å². The first-order chi connectivity index (χ1) is 6.27. The van der Waals surface area contributed by atoms with E-state index >= 15 is 0 Å². The molecule has 1 aromatic rings. The topological polar surface area (TPSA) is 15.3 Å². The third-order valence-electron chi connectivity index (χ3n) is 2.27. The zero-order valence-electron chi connectivity index (χ0n) is 7.64. The molecule has 2 heterocycles. The van der Waals surface area contributed by atoms with Gasteiger partial charge in [-0.25, -0.2) is 0 Å². The molecule has 1 aromatic heterocycles. The van der Waals surface area contributed by atoms with E-state index < -0.39 is 0 Å². The first-order valence-electron chi connectivity index (χ1n) is 4.49. The largest absolute Gasteiger partial charge is 0.361 e. The SMILES string of the molecule is Cc1sc(N2CCNCC2)cc1Cl. The summed E-state index contributed by atoms with van der Waals surface area (Å²) in [5.41, 5.74) is 0. The monoisotopic (exact) mass is 216 g/mol. The van der Waals surface area contributed by atoms with E-state index in [4.69, 9.17) is 11.6 Å². The molecule has 1 aliphatic heterocycles. The molecule has 0 spiro atoms. The van der Waals surface area contributed by atoms with Crippen molar-refractivity contribution in [3.8, 4) is 0 Å². The molecule has 0 radical (unpaired) electrons. The number of aryl methyl sites for hydroxylation is 1. The quantitative estimate of drug-likeness (QED) is 0.774. The molecule has 2 nitrogen and oxygen atoms in total. The van der Waals surface area contributed by atoms with Crippen LogP contribution in [0, 0.1) is 6.92 Å². The standard InChI is InChI=1S/C9H13ClN2S/c1-7-8(10)6-9(13-7)12-4-2-11-3-5-12/h6,11H,2-5H2,1H3. The third-order valence-corrected chi connectivity index (χ3v) is 3.89. The Labute approximate surface area is 87.5 Å². The van der Waals surface area contributed by atoms with Crippen LogP contribution in [-0.4, -0.2) is 26.2 Å². The number of hydrogen-bond acceptors (Lipinski definition) is 3. The highest BCUT2D eigenvalue weighted by atomic mass is 35.5. The molecule has 13 heavy (non-hydrogen) atoms. The number of nitrogens with one attached hydrogen (secondary N) is 1. The van der Waals surface area contributed by atoms with Crippen molar-refractivity contribution in [1.82, 2.24) is 5.32 Å². The maximum Gasteiger partial charge on any atom is 0.0927 e. The summed E-state index contributed by atoms with van der Waals surface area (Å²) in [5.74, 6) is 0. The summed E-state index contributed by atoms with van der Waals surface area (Å²) in [5, 5.41) is 5.55. The van der Waals surface area contributed by atoms with E-state index in [-0.39, 0.29) is 0 Å². The second-order valence-corrected chi connectivity index (χ2v) is 4.87. The summed E-state index contributed by atoms with van der Waals surface area (Å²) in [7, 11) is 0. The molecule has 1 fully saturated rings. The highest BCUT2D eigenvalue weighted by Gasteiger charge is 2.13. The zero-order valence-corrected chi connectivity index (χ0v) is 9.21. The molecule has 0 amide bonds. The lowest BCUT2D eigenvalue weighted by atomic mass is 10.4. The number of nitrogens with zero attached hydrogens (tertiary/aromatic N) is 1. The third kappa shape index (κ3) is 1.98. The van der Waals surface area contributed by atoms with Gasteiger partial charge in [0.05, 0.1) is 10.0 Å². The average molecular weight is 217 g/mol. The Bertz CT molecular complexity index is 272. The fourth-order valence-corrected chi connectivity index (χ4v) is 2.73. The van der Waals surface area contributed by atoms with E-state index in [1.54, 1.807) is 11.3 Å². The van der Waals surface area contributed by atoms with Gasteiger partial charge in [0.25, 0.3) is 0 Å². The van der Waals surface area contributed by atoms with Gasteiger partial charge in [0.15, 0.2) is 0 Å². The molecule has 0 saturated carbocycles. The van der Waals surface area contributed by atoms with Crippen LogP contribution in [0.25, 0.3) is 0 Å². The molecule has 0 unspecified atom stereocenters. The van der Waals surface area contributed by atoms with Crippen LogP contribution in [0.1, 0.15) is 4.88 Å². The van der Waals surface area contributed by atoms with Crippen LogP contribution in [0.4, 0.5) is 5.00 Å². The van der Waals surface area contributed by atoms with E-state index in [2.05, 4.69) is 23.2 Å². The van der Waals surface area contributed by atoms with Gasteiger partial charge >= 0.3 is 0 Å². The molecule has 0 aromatic carbocycles. The Morgan fingerprint density at radius 1 is 1.46 bits per heavy atom. The van der Waals surface area contributed by atoms with Crippen LogP contribution >= 0.6 is 22.9 Å². The fourth-order valence-electron chi connectivity index (χ4n) is 1.49. The Morgan fingerprint density at radius 2 is 2.15 bits per heavy atom. The zero-order chi connectivity index (χ0) is 9.26. The molecule has 72 valence electrons. The Balaban J connectivity index is 2.14. The van der Waals surface area contributed by atoms with Crippen LogP contribution in [0.5, 0.6) is 0 Å². The normalized spacial score (nSPS) is 17.8. The van der Waals surface area contributed by atoms with Crippen molar-refractivity contribution in [2.45, 2.75) is 6.92 Å².